The van der Waals surface area contributed by atoms with Crippen molar-refractivity contribution in [2.75, 3.05) is 0 Å². The van der Waals surface area contributed by atoms with Gasteiger partial charge in [-0.15, -0.1) is 0 Å². The van der Waals surface area contributed by atoms with E-state index in [-0.39, 0.29) is 6.04 Å². The third kappa shape index (κ3) is 8.18. The van der Waals surface area contributed by atoms with Crippen LogP contribution < -0.4 is 5.32 Å². The maximum absolute atomic E-state index is 5.63. The second-order valence-electron chi connectivity index (χ2n) is 16.5. The number of hydrogen-bond acceptors (Lipinski definition) is 3. The van der Waals surface area contributed by atoms with Crippen LogP contribution in [-0.4, -0.2) is 10.8 Å². The van der Waals surface area contributed by atoms with Gasteiger partial charge in [-0.05, 0) is 68.3 Å². The number of aromatic nitrogens is 1. The van der Waals surface area contributed by atoms with E-state index in [0.717, 1.165) is 89.7 Å². The van der Waals surface area contributed by atoms with Gasteiger partial charge in [0.1, 0.15) is 5.84 Å². The van der Waals surface area contributed by atoms with Crippen LogP contribution in [0.5, 0.6) is 0 Å². The molecule has 1 aliphatic heterocycles. The van der Waals surface area contributed by atoms with Crippen LogP contribution in [-0.2, 0) is 0 Å². The molecule has 312 valence electrons. The molecular weight excluding hydrogens is 799 g/mol. The summed E-state index contributed by atoms with van der Waals surface area (Å²) < 4.78 is 0. The molecule has 10 aromatic rings. The molecule has 2 heterocycles. The number of amidine groups is 1. The smallest absolute Gasteiger partial charge is 0.134 e. The number of rotatable bonds is 10. The Balaban J connectivity index is 1.03. The molecule has 66 heavy (non-hydrogen) atoms. The molecule has 0 fully saturated rings. The Bertz CT molecular complexity index is 3230. The van der Waals surface area contributed by atoms with Gasteiger partial charge < -0.3 is 5.32 Å². The first kappa shape index (κ1) is 40.1. The lowest BCUT2D eigenvalue weighted by Gasteiger charge is -2.25. The summed E-state index contributed by atoms with van der Waals surface area (Å²) in [6.45, 7) is 0. The van der Waals surface area contributed by atoms with Gasteiger partial charge in [0.15, 0.2) is 0 Å². The minimum absolute atomic E-state index is 0.0766. The van der Waals surface area contributed by atoms with Crippen molar-refractivity contribution in [3.05, 3.63) is 278 Å². The minimum atomic E-state index is -0.0766. The van der Waals surface area contributed by atoms with Crippen LogP contribution >= 0.6 is 0 Å². The zero-order valence-corrected chi connectivity index (χ0v) is 36.3. The Morgan fingerprint density at radius 1 is 0.288 bits per heavy atom. The highest BCUT2D eigenvalue weighted by molar-refractivity contribution is 6.06. The average Bonchev–Trinajstić information content (AvgIpc) is 3.41. The zero-order valence-electron chi connectivity index (χ0n) is 36.3. The molecule has 0 saturated heterocycles. The van der Waals surface area contributed by atoms with Crippen molar-refractivity contribution < 1.29 is 0 Å². The molecule has 3 heteroatoms. The van der Waals surface area contributed by atoms with E-state index < -0.39 is 0 Å². The molecule has 11 rings (SSSR count). The van der Waals surface area contributed by atoms with Crippen molar-refractivity contribution >= 4 is 11.5 Å². The maximum atomic E-state index is 5.63. The molecule has 1 unspecified atom stereocenters. The highest BCUT2D eigenvalue weighted by Crippen LogP contribution is 2.49. The van der Waals surface area contributed by atoms with E-state index in [1.165, 1.54) is 16.7 Å². The fourth-order valence-electron chi connectivity index (χ4n) is 9.11. The zero-order chi connectivity index (χ0) is 44.1. The summed E-state index contributed by atoms with van der Waals surface area (Å²) in [7, 11) is 0. The number of aliphatic imine (C=N–C) groups is 1. The Hall–Kier alpha value is -8.66. The standard InChI is InChI=1S/C63H45N3/c1-7-21-44(22-8-1)52-33-19-35-54(41-52)57-43-56(46-23-9-2-10-24-46)64-63(65-57)51-39-37-45(38-40-51)53-34-20-36-55(42-53)58-59(47-25-11-3-12-26-47)61(49-29-15-5-16-30-49)66-62(50-31-17-6-18-32-50)60(58)48-27-13-4-14-28-48/h1-43,57H,(H,64,65). The summed E-state index contributed by atoms with van der Waals surface area (Å²) in [4.78, 5) is 10.9. The quantitative estimate of drug-likeness (QED) is 0.149. The lowest BCUT2D eigenvalue weighted by molar-refractivity contribution is 0.781. The van der Waals surface area contributed by atoms with Crippen molar-refractivity contribution in [3.63, 3.8) is 0 Å². The van der Waals surface area contributed by atoms with E-state index in [1.54, 1.807) is 0 Å². The van der Waals surface area contributed by atoms with Crippen LogP contribution in [0.25, 0.3) is 83.8 Å². The summed E-state index contributed by atoms with van der Waals surface area (Å²) in [5.41, 5.74) is 19.5. The maximum Gasteiger partial charge on any atom is 0.134 e. The van der Waals surface area contributed by atoms with Gasteiger partial charge in [-0.2, -0.15) is 0 Å². The summed E-state index contributed by atoms with van der Waals surface area (Å²) in [6, 6.07) is 90.2. The first-order valence-electron chi connectivity index (χ1n) is 22.5. The monoisotopic (exact) mass is 843 g/mol. The summed E-state index contributed by atoms with van der Waals surface area (Å²) in [5, 5.41) is 3.80. The summed E-state index contributed by atoms with van der Waals surface area (Å²) in [5.74, 6) is 0.838. The van der Waals surface area contributed by atoms with Crippen LogP contribution in [0.4, 0.5) is 0 Å². The SMILES string of the molecule is C1=C(c2ccccc2)N=C(c2ccc(-c3cccc(-c4c(-c5ccccc5)c(-c5ccccc5)nc(-c5ccccc5)c4-c4ccccc4)c3)cc2)NC1c1cccc(-c2ccccc2)c1. The van der Waals surface area contributed by atoms with Crippen molar-refractivity contribution in [1.29, 1.82) is 0 Å². The van der Waals surface area contributed by atoms with Crippen LogP contribution in [0.2, 0.25) is 0 Å². The molecule has 0 spiro atoms. The third-order valence-corrected chi connectivity index (χ3v) is 12.3. The molecule has 0 radical (unpaired) electrons. The highest BCUT2D eigenvalue weighted by atomic mass is 15.0. The van der Waals surface area contributed by atoms with Crippen molar-refractivity contribution in [1.82, 2.24) is 10.3 Å². The van der Waals surface area contributed by atoms with Crippen molar-refractivity contribution in [3.8, 4) is 78.1 Å². The van der Waals surface area contributed by atoms with Gasteiger partial charge in [0.05, 0.1) is 23.1 Å². The lowest BCUT2D eigenvalue weighted by atomic mass is 9.82. The second kappa shape index (κ2) is 18.2. The van der Waals surface area contributed by atoms with E-state index in [0.29, 0.717) is 0 Å². The molecule has 0 aliphatic carbocycles. The van der Waals surface area contributed by atoms with Gasteiger partial charge in [0, 0.05) is 33.4 Å². The average molecular weight is 844 g/mol. The Morgan fingerprint density at radius 2 is 0.682 bits per heavy atom. The first-order valence-corrected chi connectivity index (χ1v) is 22.5. The predicted octanol–water partition coefficient (Wildman–Crippen LogP) is 15.9. The summed E-state index contributed by atoms with van der Waals surface area (Å²) in [6.07, 6.45) is 2.24. The third-order valence-electron chi connectivity index (χ3n) is 12.3. The molecular formula is C63H45N3. The molecule has 0 saturated carbocycles. The number of pyridine rings is 1. The molecule has 1 atom stereocenters. The van der Waals surface area contributed by atoms with Gasteiger partial charge in [-0.3, -0.25) is 0 Å². The van der Waals surface area contributed by atoms with Gasteiger partial charge >= 0.3 is 0 Å². The van der Waals surface area contributed by atoms with Gasteiger partial charge in [0.2, 0.25) is 0 Å². The topological polar surface area (TPSA) is 37.3 Å². The lowest BCUT2D eigenvalue weighted by Crippen LogP contribution is -2.31. The van der Waals surface area contributed by atoms with E-state index in [9.17, 15) is 0 Å². The number of benzene rings is 9. The van der Waals surface area contributed by atoms with Crippen LogP contribution in [0.1, 0.15) is 22.7 Å². The minimum Gasteiger partial charge on any atom is -0.359 e. The Morgan fingerprint density at radius 3 is 1.21 bits per heavy atom. The van der Waals surface area contributed by atoms with Gasteiger partial charge in [0.25, 0.3) is 0 Å². The Kier molecular flexibility index (Phi) is 11.1. The molecule has 1 N–H and O–H groups in total. The number of nitrogens with one attached hydrogen (secondary N) is 1. The fourth-order valence-corrected chi connectivity index (χ4v) is 9.11. The number of nitrogens with zero attached hydrogens (tertiary/aromatic N) is 2. The van der Waals surface area contributed by atoms with Crippen LogP contribution in [0, 0.1) is 0 Å². The first-order chi connectivity index (χ1) is 32.7. The van der Waals surface area contributed by atoms with Crippen LogP contribution in [0.15, 0.2) is 266 Å². The molecule has 0 amide bonds. The predicted molar refractivity (Wildman–Crippen MR) is 276 cm³/mol. The fraction of sp³-hybridized carbons (Fsp3) is 0.0159. The van der Waals surface area contributed by atoms with E-state index in [1.807, 2.05) is 6.07 Å². The second-order valence-corrected chi connectivity index (χ2v) is 16.5. The largest absolute Gasteiger partial charge is 0.359 e. The molecule has 9 aromatic carbocycles. The van der Waals surface area contributed by atoms with Gasteiger partial charge in [-0.25, -0.2) is 9.98 Å². The van der Waals surface area contributed by atoms with Crippen molar-refractivity contribution in [2.45, 2.75) is 6.04 Å². The van der Waals surface area contributed by atoms with Crippen molar-refractivity contribution in [2.24, 2.45) is 4.99 Å². The Labute approximate surface area is 386 Å². The van der Waals surface area contributed by atoms with Gasteiger partial charge in [-0.1, -0.05) is 243 Å². The van der Waals surface area contributed by atoms with Crippen LogP contribution in [0.3, 0.4) is 0 Å². The number of hydrogen-bond donors (Lipinski definition) is 1. The van der Waals surface area contributed by atoms with E-state index in [2.05, 4.69) is 260 Å². The molecule has 1 aliphatic rings. The highest BCUT2D eigenvalue weighted by Gasteiger charge is 2.26. The molecule has 0 bridgehead atoms. The van der Waals surface area contributed by atoms with E-state index in [4.69, 9.17) is 9.98 Å². The molecule has 1 aromatic heterocycles. The normalized spacial score (nSPS) is 13.3. The summed E-state index contributed by atoms with van der Waals surface area (Å²) >= 11 is 0. The molecule has 3 nitrogen and oxygen atoms in total. The van der Waals surface area contributed by atoms with E-state index >= 15 is 0 Å².